The van der Waals surface area contributed by atoms with Crippen LogP contribution in [0, 0.1) is 11.8 Å². The van der Waals surface area contributed by atoms with Gasteiger partial charge >= 0.3 is 5.97 Å². The number of hydrogen-bond acceptors (Lipinski definition) is 3. The molecule has 0 unspecified atom stereocenters. The van der Waals surface area contributed by atoms with Crippen LogP contribution in [0.4, 0.5) is 0 Å². The Bertz CT molecular complexity index is 446. The van der Waals surface area contributed by atoms with Crippen molar-refractivity contribution in [3.8, 4) is 11.8 Å². The Labute approximate surface area is 91.1 Å². The Hall–Kier alpha value is -1.86. The standard InChI is InChI=1S/C11H8O3S/c12-6-2-1-3-9-7-10(15-8-9)4-5-11(13)14/h4-8H,2H2,(H,13,14)/b5-4+. The van der Waals surface area contributed by atoms with E-state index in [0.29, 0.717) is 0 Å². The second-order valence-corrected chi connectivity index (χ2v) is 3.52. The molecule has 0 amide bonds. The average Bonchev–Trinajstić information content (AvgIpc) is 2.63. The van der Waals surface area contributed by atoms with E-state index in [4.69, 9.17) is 5.11 Å². The van der Waals surface area contributed by atoms with E-state index in [-0.39, 0.29) is 6.42 Å². The summed E-state index contributed by atoms with van der Waals surface area (Å²) in [6.07, 6.45) is 3.55. The van der Waals surface area contributed by atoms with Crippen molar-refractivity contribution in [2.24, 2.45) is 0 Å². The molecule has 0 saturated carbocycles. The lowest BCUT2D eigenvalue weighted by Crippen LogP contribution is -1.84. The Balaban J connectivity index is 2.69. The van der Waals surface area contributed by atoms with Crippen molar-refractivity contribution in [2.45, 2.75) is 6.42 Å². The first kappa shape index (κ1) is 11.2. The maximum Gasteiger partial charge on any atom is 0.328 e. The molecule has 0 aliphatic heterocycles. The topological polar surface area (TPSA) is 54.4 Å². The smallest absolute Gasteiger partial charge is 0.328 e. The van der Waals surface area contributed by atoms with Crippen LogP contribution >= 0.6 is 11.3 Å². The fourth-order valence-electron chi connectivity index (χ4n) is 0.854. The monoisotopic (exact) mass is 220 g/mol. The van der Waals surface area contributed by atoms with Crippen molar-refractivity contribution < 1.29 is 14.7 Å². The van der Waals surface area contributed by atoms with Crippen molar-refractivity contribution >= 4 is 29.7 Å². The minimum atomic E-state index is -0.975. The number of carbonyl (C=O) groups is 2. The van der Waals surface area contributed by atoms with Crippen molar-refractivity contribution in [3.05, 3.63) is 28.0 Å². The van der Waals surface area contributed by atoms with Crippen molar-refractivity contribution in [3.63, 3.8) is 0 Å². The van der Waals surface area contributed by atoms with Crippen molar-refractivity contribution in [2.75, 3.05) is 0 Å². The predicted molar refractivity (Wildman–Crippen MR) is 58.5 cm³/mol. The van der Waals surface area contributed by atoms with Crippen LogP contribution in [0.1, 0.15) is 16.9 Å². The van der Waals surface area contributed by atoms with Gasteiger partial charge < -0.3 is 9.90 Å². The number of hydrogen-bond donors (Lipinski definition) is 1. The third kappa shape index (κ3) is 4.25. The van der Waals surface area contributed by atoms with Gasteiger partial charge in [0.2, 0.25) is 0 Å². The zero-order valence-corrected chi connectivity index (χ0v) is 8.58. The zero-order chi connectivity index (χ0) is 11.1. The lowest BCUT2D eigenvalue weighted by atomic mass is 10.3. The van der Waals surface area contributed by atoms with Gasteiger partial charge in [0.25, 0.3) is 0 Å². The Morgan fingerprint density at radius 3 is 3.07 bits per heavy atom. The molecule has 0 spiro atoms. The van der Waals surface area contributed by atoms with Gasteiger partial charge in [-0.3, -0.25) is 0 Å². The van der Waals surface area contributed by atoms with Crippen molar-refractivity contribution in [1.29, 1.82) is 0 Å². The van der Waals surface area contributed by atoms with E-state index >= 15 is 0 Å². The van der Waals surface area contributed by atoms with Gasteiger partial charge in [-0.1, -0.05) is 11.8 Å². The van der Waals surface area contributed by atoms with E-state index in [0.717, 1.165) is 22.8 Å². The number of thiophene rings is 1. The number of carbonyl (C=O) groups excluding carboxylic acids is 1. The largest absolute Gasteiger partial charge is 0.478 e. The third-order valence-corrected chi connectivity index (χ3v) is 2.33. The van der Waals surface area contributed by atoms with E-state index in [1.807, 2.05) is 5.38 Å². The molecule has 0 radical (unpaired) electrons. The molecular weight excluding hydrogens is 212 g/mol. The first-order chi connectivity index (χ1) is 7.22. The minimum absolute atomic E-state index is 0.218. The molecule has 1 N–H and O–H groups in total. The summed E-state index contributed by atoms with van der Waals surface area (Å²) in [7, 11) is 0. The molecule has 76 valence electrons. The third-order valence-electron chi connectivity index (χ3n) is 1.43. The van der Waals surface area contributed by atoms with E-state index in [9.17, 15) is 9.59 Å². The second kappa shape index (κ2) is 5.78. The molecule has 15 heavy (non-hydrogen) atoms. The molecule has 0 saturated heterocycles. The molecule has 0 aliphatic rings. The Morgan fingerprint density at radius 2 is 2.40 bits per heavy atom. The summed E-state index contributed by atoms with van der Waals surface area (Å²) >= 11 is 1.41. The second-order valence-electron chi connectivity index (χ2n) is 2.58. The molecule has 0 bridgehead atoms. The maximum atomic E-state index is 10.2. The van der Waals surface area contributed by atoms with Gasteiger partial charge in [0.15, 0.2) is 0 Å². The van der Waals surface area contributed by atoms with E-state index in [2.05, 4.69) is 11.8 Å². The molecule has 0 atom stereocenters. The number of carboxylic acids is 1. The highest BCUT2D eigenvalue weighted by Gasteiger charge is 1.94. The summed E-state index contributed by atoms with van der Waals surface area (Å²) in [6, 6.07) is 1.78. The predicted octanol–water partition coefficient (Wildman–Crippen LogP) is 1.79. The van der Waals surface area contributed by atoms with Gasteiger partial charge in [-0.25, -0.2) is 4.79 Å². The van der Waals surface area contributed by atoms with Crippen LogP contribution < -0.4 is 0 Å². The van der Waals surface area contributed by atoms with Crippen LogP contribution in [0.5, 0.6) is 0 Å². The number of aldehydes is 1. The highest BCUT2D eigenvalue weighted by molar-refractivity contribution is 7.11. The van der Waals surface area contributed by atoms with Crippen LogP contribution in [-0.2, 0) is 9.59 Å². The summed E-state index contributed by atoms with van der Waals surface area (Å²) in [5.41, 5.74) is 0.798. The van der Waals surface area contributed by atoms with Crippen molar-refractivity contribution in [1.82, 2.24) is 0 Å². The van der Waals surface area contributed by atoms with E-state index < -0.39 is 5.97 Å². The molecule has 4 heteroatoms. The summed E-state index contributed by atoms with van der Waals surface area (Å²) < 4.78 is 0. The first-order valence-corrected chi connectivity index (χ1v) is 5.02. The number of aliphatic carboxylic acids is 1. The van der Waals surface area contributed by atoms with Crippen LogP contribution in [-0.4, -0.2) is 17.4 Å². The fourth-order valence-corrected chi connectivity index (χ4v) is 1.59. The summed E-state index contributed by atoms with van der Waals surface area (Å²) in [5.74, 6) is 4.50. The molecule has 1 rings (SSSR count). The Kier molecular flexibility index (Phi) is 4.32. The molecule has 0 aromatic carbocycles. The Morgan fingerprint density at radius 1 is 1.60 bits per heavy atom. The number of carboxylic acid groups (broad SMARTS) is 1. The van der Waals surface area contributed by atoms with Gasteiger partial charge in [0, 0.05) is 21.9 Å². The lowest BCUT2D eigenvalue weighted by molar-refractivity contribution is -0.131. The maximum absolute atomic E-state index is 10.2. The van der Waals surface area contributed by atoms with Crippen LogP contribution in [0.3, 0.4) is 0 Å². The van der Waals surface area contributed by atoms with E-state index in [1.54, 1.807) is 6.07 Å². The summed E-state index contributed by atoms with van der Waals surface area (Å²) in [4.78, 5) is 21.1. The summed E-state index contributed by atoms with van der Waals surface area (Å²) in [6.45, 7) is 0. The quantitative estimate of drug-likeness (QED) is 0.480. The first-order valence-electron chi connectivity index (χ1n) is 4.14. The SMILES string of the molecule is O=CCC#Cc1csc(/C=C/C(=O)O)c1. The highest BCUT2D eigenvalue weighted by Crippen LogP contribution is 2.15. The number of rotatable bonds is 3. The van der Waals surface area contributed by atoms with Crippen LogP contribution in [0.2, 0.25) is 0 Å². The lowest BCUT2D eigenvalue weighted by Gasteiger charge is -1.80. The van der Waals surface area contributed by atoms with Crippen LogP contribution in [0.25, 0.3) is 6.08 Å². The molecule has 0 fully saturated rings. The molecule has 1 aromatic rings. The normalized spacial score (nSPS) is 9.60. The molecule has 3 nitrogen and oxygen atoms in total. The average molecular weight is 220 g/mol. The highest BCUT2D eigenvalue weighted by atomic mass is 32.1. The summed E-state index contributed by atoms with van der Waals surface area (Å²) in [5, 5.41) is 10.2. The van der Waals surface area contributed by atoms with Gasteiger partial charge in [0.05, 0.1) is 6.42 Å². The molecule has 1 aromatic heterocycles. The zero-order valence-electron chi connectivity index (χ0n) is 7.77. The minimum Gasteiger partial charge on any atom is -0.478 e. The van der Waals surface area contributed by atoms with Gasteiger partial charge in [-0.05, 0) is 12.1 Å². The van der Waals surface area contributed by atoms with Gasteiger partial charge in [0.1, 0.15) is 6.29 Å². The fraction of sp³-hybridized carbons (Fsp3) is 0.0909. The molecule has 1 heterocycles. The molecule has 0 aliphatic carbocycles. The van der Waals surface area contributed by atoms with Gasteiger partial charge in [-0.15, -0.1) is 11.3 Å². The van der Waals surface area contributed by atoms with Gasteiger partial charge in [-0.2, -0.15) is 0 Å². The molecular formula is C11H8O3S. The van der Waals surface area contributed by atoms with Crippen LogP contribution in [0.15, 0.2) is 17.5 Å². The van der Waals surface area contributed by atoms with E-state index in [1.165, 1.54) is 17.4 Å².